The standard InChI is InChI=1S/C26H22FN5O3/c1-16-5-10-21(32-12-11-31(26(32)34)20-4-2-3-19(27)13-20)14-22(16)30-25-29-15-23(35-25)17-6-8-18(9-7-17)24(28)33/h2-10,13-15H,11-12H2,1H3,(H2,28,33)(H,29,30). The topological polar surface area (TPSA) is 105 Å². The molecule has 176 valence electrons. The summed E-state index contributed by atoms with van der Waals surface area (Å²) in [5.74, 6) is -0.357. The highest BCUT2D eigenvalue weighted by Gasteiger charge is 2.31. The number of carbonyl (C=O) groups is 2. The first kappa shape index (κ1) is 22.1. The molecule has 2 heterocycles. The molecule has 3 N–H and O–H groups in total. The quantitative estimate of drug-likeness (QED) is 0.408. The zero-order valence-electron chi connectivity index (χ0n) is 18.9. The number of urea groups is 1. The van der Waals surface area contributed by atoms with Crippen molar-refractivity contribution in [1.29, 1.82) is 0 Å². The number of carbonyl (C=O) groups excluding carboxylic acids is 2. The van der Waals surface area contributed by atoms with Crippen molar-refractivity contribution < 1.29 is 18.4 Å². The fourth-order valence-corrected chi connectivity index (χ4v) is 3.95. The molecule has 8 nitrogen and oxygen atoms in total. The number of benzene rings is 3. The zero-order valence-corrected chi connectivity index (χ0v) is 18.9. The second kappa shape index (κ2) is 8.94. The number of aryl methyl sites for hydroxylation is 1. The van der Waals surface area contributed by atoms with Crippen molar-refractivity contribution in [2.75, 3.05) is 28.2 Å². The van der Waals surface area contributed by atoms with Gasteiger partial charge in [-0.1, -0.05) is 24.3 Å². The van der Waals surface area contributed by atoms with Gasteiger partial charge in [0, 0.05) is 41.3 Å². The smallest absolute Gasteiger partial charge is 0.329 e. The van der Waals surface area contributed by atoms with Crippen LogP contribution in [0.4, 0.5) is 32.3 Å². The van der Waals surface area contributed by atoms with Crippen LogP contribution in [0.25, 0.3) is 11.3 Å². The van der Waals surface area contributed by atoms with Crippen LogP contribution in [0.3, 0.4) is 0 Å². The highest BCUT2D eigenvalue weighted by molar-refractivity contribution is 6.06. The van der Waals surface area contributed by atoms with Crippen LogP contribution in [0, 0.1) is 12.7 Å². The lowest BCUT2D eigenvalue weighted by Crippen LogP contribution is -2.31. The van der Waals surface area contributed by atoms with E-state index in [0.717, 1.165) is 16.8 Å². The minimum atomic E-state index is -0.498. The molecule has 0 radical (unpaired) electrons. The SMILES string of the molecule is Cc1ccc(N2CCN(c3cccc(F)c3)C2=O)cc1Nc1ncc(-c2ccc(C(N)=O)cc2)o1. The van der Waals surface area contributed by atoms with E-state index < -0.39 is 5.91 Å². The number of nitrogens with zero attached hydrogens (tertiary/aromatic N) is 3. The summed E-state index contributed by atoms with van der Waals surface area (Å²) in [4.78, 5) is 31.8. The largest absolute Gasteiger partial charge is 0.423 e. The van der Waals surface area contributed by atoms with Gasteiger partial charge in [-0.2, -0.15) is 0 Å². The van der Waals surface area contributed by atoms with Crippen molar-refractivity contribution >= 4 is 35.0 Å². The average Bonchev–Trinajstić information content (AvgIpc) is 3.47. The van der Waals surface area contributed by atoms with E-state index in [1.807, 2.05) is 25.1 Å². The van der Waals surface area contributed by atoms with Gasteiger partial charge >= 0.3 is 6.03 Å². The Morgan fingerprint density at radius 2 is 1.74 bits per heavy atom. The maximum atomic E-state index is 13.6. The van der Waals surface area contributed by atoms with Crippen molar-refractivity contribution in [2.24, 2.45) is 5.73 Å². The van der Waals surface area contributed by atoms with Crippen LogP contribution in [-0.2, 0) is 0 Å². The lowest BCUT2D eigenvalue weighted by Gasteiger charge is -2.20. The Morgan fingerprint density at radius 1 is 1.03 bits per heavy atom. The first-order valence-electron chi connectivity index (χ1n) is 11.0. The Kier molecular flexibility index (Phi) is 5.66. The van der Waals surface area contributed by atoms with Crippen molar-refractivity contribution in [3.8, 4) is 11.3 Å². The molecule has 0 atom stereocenters. The van der Waals surface area contributed by atoms with Crippen LogP contribution >= 0.6 is 0 Å². The van der Waals surface area contributed by atoms with Crippen LogP contribution in [0.2, 0.25) is 0 Å². The van der Waals surface area contributed by atoms with E-state index >= 15 is 0 Å². The molecule has 1 fully saturated rings. The van der Waals surface area contributed by atoms with Crippen LogP contribution in [0.5, 0.6) is 0 Å². The third-order valence-corrected chi connectivity index (χ3v) is 5.86. The molecule has 1 aliphatic rings. The number of nitrogens with two attached hydrogens (primary N) is 1. The van der Waals surface area contributed by atoms with E-state index in [9.17, 15) is 14.0 Å². The van der Waals surface area contributed by atoms with Gasteiger partial charge in [-0.05, 0) is 55.0 Å². The lowest BCUT2D eigenvalue weighted by atomic mass is 10.1. The van der Waals surface area contributed by atoms with Crippen LogP contribution in [0.1, 0.15) is 15.9 Å². The fraction of sp³-hybridized carbons (Fsp3) is 0.115. The Hall–Kier alpha value is -4.66. The second-order valence-electron chi connectivity index (χ2n) is 8.16. The fourth-order valence-electron chi connectivity index (χ4n) is 3.95. The van der Waals surface area contributed by atoms with E-state index in [4.69, 9.17) is 10.2 Å². The van der Waals surface area contributed by atoms with E-state index in [1.54, 1.807) is 52.4 Å². The van der Waals surface area contributed by atoms with Crippen molar-refractivity contribution in [3.63, 3.8) is 0 Å². The lowest BCUT2D eigenvalue weighted by molar-refractivity contribution is 0.1000. The number of aromatic nitrogens is 1. The molecule has 1 aliphatic heterocycles. The van der Waals surface area contributed by atoms with E-state index in [0.29, 0.717) is 35.8 Å². The number of hydrogen-bond acceptors (Lipinski definition) is 5. The first-order valence-corrected chi connectivity index (χ1v) is 11.0. The molecular weight excluding hydrogens is 449 g/mol. The summed E-state index contributed by atoms with van der Waals surface area (Å²) in [7, 11) is 0. The number of nitrogens with one attached hydrogen (secondary N) is 1. The molecule has 35 heavy (non-hydrogen) atoms. The van der Waals surface area contributed by atoms with Crippen LogP contribution in [0.15, 0.2) is 77.3 Å². The molecule has 5 rings (SSSR count). The van der Waals surface area contributed by atoms with Gasteiger partial charge in [0.2, 0.25) is 5.91 Å². The van der Waals surface area contributed by atoms with Crippen molar-refractivity contribution in [3.05, 3.63) is 89.9 Å². The van der Waals surface area contributed by atoms with Gasteiger partial charge < -0.3 is 15.5 Å². The van der Waals surface area contributed by atoms with Gasteiger partial charge in [0.15, 0.2) is 5.76 Å². The minimum Gasteiger partial charge on any atom is -0.423 e. The summed E-state index contributed by atoms with van der Waals surface area (Å²) in [6, 6.07) is 18.4. The Bertz CT molecular complexity index is 1420. The van der Waals surface area contributed by atoms with Crippen LogP contribution < -0.4 is 20.9 Å². The third kappa shape index (κ3) is 4.43. The Labute approximate surface area is 200 Å². The molecule has 1 saturated heterocycles. The number of rotatable bonds is 6. The van der Waals surface area contributed by atoms with Gasteiger partial charge in [-0.25, -0.2) is 14.2 Å². The number of amides is 3. The van der Waals surface area contributed by atoms with Gasteiger partial charge in [0.1, 0.15) is 5.82 Å². The van der Waals surface area contributed by atoms with Gasteiger partial charge in [-0.15, -0.1) is 0 Å². The highest BCUT2D eigenvalue weighted by atomic mass is 19.1. The number of hydrogen-bond donors (Lipinski definition) is 2. The Balaban J connectivity index is 1.34. The minimum absolute atomic E-state index is 0.219. The predicted molar refractivity (Wildman–Crippen MR) is 131 cm³/mol. The molecule has 4 aromatic rings. The van der Waals surface area contributed by atoms with E-state index in [-0.39, 0.29) is 17.9 Å². The highest BCUT2D eigenvalue weighted by Crippen LogP contribution is 2.31. The van der Waals surface area contributed by atoms with E-state index in [2.05, 4.69) is 10.3 Å². The maximum Gasteiger partial charge on any atom is 0.329 e. The van der Waals surface area contributed by atoms with Crippen molar-refractivity contribution in [2.45, 2.75) is 6.92 Å². The van der Waals surface area contributed by atoms with Gasteiger partial charge in [0.05, 0.1) is 6.20 Å². The molecule has 0 spiro atoms. The van der Waals surface area contributed by atoms with Gasteiger partial charge in [0.25, 0.3) is 6.01 Å². The molecular formula is C26H22FN5O3. The maximum absolute atomic E-state index is 13.6. The predicted octanol–water partition coefficient (Wildman–Crippen LogP) is 5.08. The van der Waals surface area contributed by atoms with Crippen molar-refractivity contribution in [1.82, 2.24) is 4.98 Å². The third-order valence-electron chi connectivity index (χ3n) is 5.86. The second-order valence-corrected chi connectivity index (χ2v) is 8.16. The molecule has 0 unspecified atom stereocenters. The number of oxazole rings is 1. The number of halogens is 1. The molecule has 3 amide bonds. The molecule has 1 aromatic heterocycles. The summed E-state index contributed by atoms with van der Waals surface area (Å²) in [5, 5.41) is 3.17. The number of primary amides is 1. The molecule has 3 aromatic carbocycles. The summed E-state index contributed by atoms with van der Waals surface area (Å²) in [5.41, 5.74) is 9.35. The molecule has 0 saturated carbocycles. The Morgan fingerprint density at radius 3 is 2.43 bits per heavy atom. The monoisotopic (exact) mass is 471 g/mol. The zero-order chi connectivity index (χ0) is 24.5. The summed E-state index contributed by atoms with van der Waals surface area (Å²) >= 11 is 0. The molecule has 9 heteroatoms. The summed E-state index contributed by atoms with van der Waals surface area (Å²) in [6.07, 6.45) is 1.58. The normalized spacial score (nSPS) is 13.4. The van der Waals surface area contributed by atoms with Crippen LogP contribution in [-0.4, -0.2) is 30.0 Å². The molecule has 0 bridgehead atoms. The average molecular weight is 471 g/mol. The summed E-state index contributed by atoms with van der Waals surface area (Å²) < 4.78 is 19.5. The molecule has 0 aliphatic carbocycles. The summed E-state index contributed by atoms with van der Waals surface area (Å²) in [6.45, 7) is 2.86. The van der Waals surface area contributed by atoms with E-state index in [1.165, 1.54) is 12.1 Å². The number of anilines is 4. The van der Waals surface area contributed by atoms with Gasteiger partial charge in [-0.3, -0.25) is 14.6 Å². The first-order chi connectivity index (χ1) is 16.9.